The molecule has 4 rings (SSSR count). The SMILES string of the molecule is c1ccc(-n2nc3ccc(NCC4CO4)cc3n2)cc1. The van der Waals surface area contributed by atoms with Gasteiger partial charge in [-0.25, -0.2) is 0 Å². The van der Waals surface area contributed by atoms with E-state index in [1.807, 2.05) is 48.5 Å². The Morgan fingerprint density at radius 1 is 1.10 bits per heavy atom. The van der Waals surface area contributed by atoms with Crippen LogP contribution in [0.4, 0.5) is 5.69 Å². The number of hydrogen-bond donors (Lipinski definition) is 1. The Balaban J connectivity index is 1.64. The van der Waals surface area contributed by atoms with Crippen LogP contribution in [0.5, 0.6) is 0 Å². The molecule has 0 saturated carbocycles. The maximum atomic E-state index is 5.19. The first-order valence-corrected chi connectivity index (χ1v) is 6.66. The van der Waals surface area contributed by atoms with Crippen molar-refractivity contribution >= 4 is 16.7 Å². The molecule has 1 aliphatic rings. The molecular weight excluding hydrogens is 252 g/mol. The Morgan fingerprint density at radius 3 is 2.70 bits per heavy atom. The molecule has 1 unspecified atom stereocenters. The number of aromatic nitrogens is 3. The maximum absolute atomic E-state index is 5.19. The molecule has 0 radical (unpaired) electrons. The second-order valence-corrected chi connectivity index (χ2v) is 4.86. The molecule has 2 aromatic carbocycles. The summed E-state index contributed by atoms with van der Waals surface area (Å²) >= 11 is 0. The third-order valence-electron chi connectivity index (χ3n) is 3.30. The average Bonchev–Trinajstić information content (AvgIpc) is 3.23. The van der Waals surface area contributed by atoms with Crippen LogP contribution in [0.3, 0.4) is 0 Å². The molecule has 1 saturated heterocycles. The normalized spacial score (nSPS) is 17.3. The summed E-state index contributed by atoms with van der Waals surface area (Å²) in [6.45, 7) is 1.71. The van der Waals surface area contributed by atoms with Crippen molar-refractivity contribution in [1.29, 1.82) is 0 Å². The van der Waals surface area contributed by atoms with Crippen molar-refractivity contribution in [2.45, 2.75) is 6.10 Å². The summed E-state index contributed by atoms with van der Waals surface area (Å²) in [5.41, 5.74) is 3.79. The number of fused-ring (bicyclic) bond motifs is 1. The number of rotatable bonds is 4. The number of para-hydroxylation sites is 1. The topological polar surface area (TPSA) is 55.3 Å². The molecular formula is C15H14N4O. The van der Waals surface area contributed by atoms with Gasteiger partial charge in [0.1, 0.15) is 11.0 Å². The first-order valence-electron chi connectivity index (χ1n) is 6.66. The standard InChI is InChI=1S/C15H14N4O/c1-2-4-12(5-3-1)19-17-14-7-6-11(8-15(14)18-19)16-9-13-10-20-13/h1-8,13,16H,9-10H2. The third kappa shape index (κ3) is 2.23. The van der Waals surface area contributed by atoms with Gasteiger partial charge in [-0.1, -0.05) is 18.2 Å². The zero-order valence-corrected chi connectivity index (χ0v) is 10.9. The van der Waals surface area contributed by atoms with Gasteiger partial charge in [0, 0.05) is 12.2 Å². The van der Waals surface area contributed by atoms with E-state index in [2.05, 4.69) is 15.5 Å². The number of nitrogens with zero attached hydrogens (tertiary/aromatic N) is 3. The van der Waals surface area contributed by atoms with Crippen LogP contribution >= 0.6 is 0 Å². The lowest BCUT2D eigenvalue weighted by Crippen LogP contribution is -2.07. The van der Waals surface area contributed by atoms with Crippen molar-refractivity contribution in [3.05, 3.63) is 48.5 Å². The van der Waals surface area contributed by atoms with Crippen molar-refractivity contribution in [3.8, 4) is 5.69 Å². The molecule has 0 amide bonds. The number of nitrogens with one attached hydrogen (secondary N) is 1. The van der Waals surface area contributed by atoms with E-state index in [-0.39, 0.29) is 0 Å². The van der Waals surface area contributed by atoms with Gasteiger partial charge in [0.15, 0.2) is 0 Å². The molecule has 1 aromatic heterocycles. The molecule has 0 bridgehead atoms. The lowest BCUT2D eigenvalue weighted by molar-refractivity contribution is 0.417. The van der Waals surface area contributed by atoms with Crippen LogP contribution in [-0.2, 0) is 4.74 Å². The van der Waals surface area contributed by atoms with E-state index in [0.717, 1.165) is 35.6 Å². The van der Waals surface area contributed by atoms with Gasteiger partial charge in [0.25, 0.3) is 0 Å². The maximum Gasteiger partial charge on any atom is 0.115 e. The largest absolute Gasteiger partial charge is 0.382 e. The van der Waals surface area contributed by atoms with E-state index in [1.165, 1.54) is 0 Å². The quantitative estimate of drug-likeness (QED) is 0.736. The van der Waals surface area contributed by atoms with Gasteiger partial charge in [-0.15, -0.1) is 10.2 Å². The van der Waals surface area contributed by atoms with Gasteiger partial charge < -0.3 is 10.1 Å². The Morgan fingerprint density at radius 2 is 1.90 bits per heavy atom. The van der Waals surface area contributed by atoms with Crippen LogP contribution < -0.4 is 5.32 Å². The van der Waals surface area contributed by atoms with Crippen LogP contribution in [0.1, 0.15) is 0 Å². The lowest BCUT2D eigenvalue weighted by atomic mass is 10.2. The van der Waals surface area contributed by atoms with Gasteiger partial charge in [0.2, 0.25) is 0 Å². The molecule has 1 fully saturated rings. The second-order valence-electron chi connectivity index (χ2n) is 4.86. The predicted molar refractivity (Wildman–Crippen MR) is 77.1 cm³/mol. The van der Waals surface area contributed by atoms with Crippen molar-refractivity contribution in [2.24, 2.45) is 0 Å². The Bertz CT molecular complexity index is 734. The van der Waals surface area contributed by atoms with E-state index in [4.69, 9.17) is 4.74 Å². The highest BCUT2D eigenvalue weighted by molar-refractivity contribution is 5.78. The average molecular weight is 266 g/mol. The molecule has 0 aliphatic carbocycles. The molecule has 20 heavy (non-hydrogen) atoms. The number of anilines is 1. The van der Waals surface area contributed by atoms with Gasteiger partial charge in [-0.2, -0.15) is 4.80 Å². The molecule has 1 N–H and O–H groups in total. The summed E-state index contributed by atoms with van der Waals surface area (Å²) in [6, 6.07) is 15.9. The molecule has 0 spiro atoms. The van der Waals surface area contributed by atoms with Crippen LogP contribution in [0.25, 0.3) is 16.7 Å². The number of hydrogen-bond acceptors (Lipinski definition) is 4. The summed E-state index contributed by atoms with van der Waals surface area (Å²) in [7, 11) is 0. The number of benzene rings is 2. The molecule has 5 nitrogen and oxygen atoms in total. The van der Waals surface area contributed by atoms with Gasteiger partial charge in [-0.3, -0.25) is 0 Å². The molecule has 3 aromatic rings. The molecule has 1 atom stereocenters. The Kier molecular flexibility index (Phi) is 2.63. The highest BCUT2D eigenvalue weighted by Crippen LogP contribution is 2.18. The highest BCUT2D eigenvalue weighted by atomic mass is 16.6. The molecule has 2 heterocycles. The molecule has 5 heteroatoms. The lowest BCUT2D eigenvalue weighted by Gasteiger charge is -2.02. The summed E-state index contributed by atoms with van der Waals surface area (Å²) < 4.78 is 5.19. The summed E-state index contributed by atoms with van der Waals surface area (Å²) in [6.07, 6.45) is 0.366. The number of epoxide rings is 1. The number of ether oxygens (including phenoxy) is 1. The fourth-order valence-electron chi connectivity index (χ4n) is 2.12. The summed E-state index contributed by atoms with van der Waals surface area (Å²) in [4.78, 5) is 1.67. The van der Waals surface area contributed by atoms with Crippen molar-refractivity contribution in [2.75, 3.05) is 18.5 Å². The summed E-state index contributed by atoms with van der Waals surface area (Å²) in [5, 5.41) is 12.4. The van der Waals surface area contributed by atoms with Crippen LogP contribution in [0.15, 0.2) is 48.5 Å². The van der Waals surface area contributed by atoms with E-state index in [1.54, 1.807) is 4.80 Å². The Labute approximate surface area is 116 Å². The van der Waals surface area contributed by atoms with E-state index in [0.29, 0.717) is 6.10 Å². The second kappa shape index (κ2) is 4.61. The monoisotopic (exact) mass is 266 g/mol. The van der Waals surface area contributed by atoms with Gasteiger partial charge in [0.05, 0.1) is 18.4 Å². The van der Waals surface area contributed by atoms with Crippen LogP contribution in [0.2, 0.25) is 0 Å². The van der Waals surface area contributed by atoms with E-state index >= 15 is 0 Å². The minimum atomic E-state index is 0.366. The van der Waals surface area contributed by atoms with Crippen molar-refractivity contribution in [3.63, 3.8) is 0 Å². The summed E-state index contributed by atoms with van der Waals surface area (Å²) in [5.74, 6) is 0. The Hall–Kier alpha value is -2.40. The fourth-order valence-corrected chi connectivity index (χ4v) is 2.12. The first-order chi connectivity index (χ1) is 9.88. The minimum Gasteiger partial charge on any atom is -0.382 e. The first kappa shape index (κ1) is 11.4. The van der Waals surface area contributed by atoms with Gasteiger partial charge in [-0.05, 0) is 30.3 Å². The zero-order valence-electron chi connectivity index (χ0n) is 10.9. The predicted octanol–water partition coefficient (Wildman–Crippen LogP) is 2.23. The highest BCUT2D eigenvalue weighted by Gasteiger charge is 2.21. The molecule has 1 aliphatic heterocycles. The fraction of sp³-hybridized carbons (Fsp3) is 0.200. The van der Waals surface area contributed by atoms with Gasteiger partial charge >= 0.3 is 0 Å². The van der Waals surface area contributed by atoms with E-state index in [9.17, 15) is 0 Å². The minimum absolute atomic E-state index is 0.366. The van der Waals surface area contributed by atoms with Crippen molar-refractivity contribution < 1.29 is 4.74 Å². The third-order valence-corrected chi connectivity index (χ3v) is 3.30. The van der Waals surface area contributed by atoms with Crippen molar-refractivity contribution in [1.82, 2.24) is 15.0 Å². The zero-order chi connectivity index (χ0) is 13.4. The molecule has 100 valence electrons. The van der Waals surface area contributed by atoms with E-state index < -0.39 is 0 Å². The van der Waals surface area contributed by atoms with Crippen LogP contribution in [0, 0.1) is 0 Å². The smallest absolute Gasteiger partial charge is 0.115 e. The van der Waals surface area contributed by atoms with Crippen LogP contribution in [-0.4, -0.2) is 34.2 Å².